The summed E-state index contributed by atoms with van der Waals surface area (Å²) in [4.78, 5) is 45.8. The van der Waals surface area contributed by atoms with Crippen LogP contribution < -0.4 is 22.3 Å². The van der Waals surface area contributed by atoms with Gasteiger partial charge in [-0.2, -0.15) is 10.1 Å². The number of rotatable bonds is 6. The van der Waals surface area contributed by atoms with Crippen LogP contribution in [0.5, 0.6) is 0 Å². The van der Waals surface area contributed by atoms with Crippen LogP contribution in [-0.2, 0) is 9.53 Å². The monoisotopic (exact) mass is 440 g/mol. The third kappa shape index (κ3) is 4.30. The number of aromatic amines is 1. The van der Waals surface area contributed by atoms with Crippen LogP contribution in [-0.4, -0.2) is 49.3 Å². The van der Waals surface area contributed by atoms with E-state index in [1.807, 2.05) is 0 Å². The first-order chi connectivity index (χ1) is 15.3. The summed E-state index contributed by atoms with van der Waals surface area (Å²) < 4.78 is 7.06. The summed E-state index contributed by atoms with van der Waals surface area (Å²) in [6, 6.07) is 2.86. The quantitative estimate of drug-likeness (QED) is 0.430. The number of hydrogen-bond donors (Lipinski definition) is 4. The Kier molecular flexibility index (Phi) is 5.86. The van der Waals surface area contributed by atoms with Crippen molar-refractivity contribution in [2.24, 2.45) is 5.73 Å². The highest BCUT2D eigenvalue weighted by atomic mass is 16.5. The van der Waals surface area contributed by atoms with E-state index in [-0.39, 0.29) is 30.3 Å². The molecule has 1 aliphatic rings. The molecule has 32 heavy (non-hydrogen) atoms. The molecule has 1 fully saturated rings. The number of anilines is 2. The molecule has 3 heterocycles. The number of nitrogens with one attached hydrogen (secondary N) is 2. The predicted octanol–water partition coefficient (Wildman–Crippen LogP) is 0.643. The van der Waals surface area contributed by atoms with Crippen LogP contribution in [0.4, 0.5) is 11.8 Å². The highest BCUT2D eigenvalue weighted by molar-refractivity contribution is 6.05. The summed E-state index contributed by atoms with van der Waals surface area (Å²) in [5.74, 6) is -0.660. The van der Waals surface area contributed by atoms with Crippen molar-refractivity contribution >= 4 is 34.6 Å². The first-order valence-corrected chi connectivity index (χ1v) is 10.2. The number of amides is 2. The lowest BCUT2D eigenvalue weighted by Crippen LogP contribution is -2.35. The van der Waals surface area contributed by atoms with Gasteiger partial charge in [-0.25, -0.2) is 4.98 Å². The van der Waals surface area contributed by atoms with Gasteiger partial charge in [-0.3, -0.25) is 24.0 Å². The van der Waals surface area contributed by atoms with Gasteiger partial charge in [-0.05, 0) is 38.7 Å². The van der Waals surface area contributed by atoms with E-state index in [2.05, 4.69) is 25.5 Å². The SMILES string of the molecule is Cc1nc(N)nc2c1cc(C(=O)Nc1ccn[nH]1)c(=O)n2C1CCC(OCC(N)=O)CC1. The van der Waals surface area contributed by atoms with Crippen molar-refractivity contribution in [1.82, 2.24) is 24.7 Å². The van der Waals surface area contributed by atoms with Gasteiger partial charge in [-0.1, -0.05) is 0 Å². The van der Waals surface area contributed by atoms with E-state index in [1.165, 1.54) is 16.8 Å². The van der Waals surface area contributed by atoms with E-state index < -0.39 is 17.4 Å². The summed E-state index contributed by atoms with van der Waals surface area (Å²) >= 11 is 0. The first-order valence-electron chi connectivity index (χ1n) is 10.2. The van der Waals surface area contributed by atoms with Crippen molar-refractivity contribution < 1.29 is 14.3 Å². The fourth-order valence-corrected chi connectivity index (χ4v) is 4.06. The fraction of sp³-hybridized carbons (Fsp3) is 0.400. The Bertz CT molecular complexity index is 1210. The Morgan fingerprint density at radius 3 is 2.69 bits per heavy atom. The van der Waals surface area contributed by atoms with Gasteiger partial charge in [0.25, 0.3) is 11.5 Å². The summed E-state index contributed by atoms with van der Waals surface area (Å²) in [5, 5.41) is 9.64. The van der Waals surface area contributed by atoms with Gasteiger partial charge < -0.3 is 21.5 Å². The number of nitrogens with zero attached hydrogens (tertiary/aromatic N) is 4. The Morgan fingerprint density at radius 2 is 2.03 bits per heavy atom. The number of aromatic nitrogens is 5. The molecule has 0 radical (unpaired) electrons. The van der Waals surface area contributed by atoms with Gasteiger partial charge >= 0.3 is 0 Å². The number of primary amides is 1. The molecule has 6 N–H and O–H groups in total. The lowest BCUT2D eigenvalue weighted by atomic mass is 9.92. The topological polar surface area (TPSA) is 184 Å². The lowest BCUT2D eigenvalue weighted by Gasteiger charge is -2.30. The summed E-state index contributed by atoms with van der Waals surface area (Å²) in [7, 11) is 0. The van der Waals surface area contributed by atoms with Crippen molar-refractivity contribution in [2.75, 3.05) is 17.7 Å². The molecule has 0 aliphatic heterocycles. The molecule has 4 rings (SSSR count). The van der Waals surface area contributed by atoms with Gasteiger partial charge in [0.05, 0.1) is 18.0 Å². The number of pyridine rings is 1. The average Bonchev–Trinajstić information content (AvgIpc) is 3.25. The summed E-state index contributed by atoms with van der Waals surface area (Å²) in [6.07, 6.45) is 3.86. The van der Waals surface area contributed by atoms with Gasteiger partial charge in [0.2, 0.25) is 11.9 Å². The van der Waals surface area contributed by atoms with E-state index in [4.69, 9.17) is 16.2 Å². The second-order valence-electron chi connectivity index (χ2n) is 7.77. The Morgan fingerprint density at radius 1 is 1.28 bits per heavy atom. The van der Waals surface area contributed by atoms with E-state index >= 15 is 0 Å². The molecule has 2 amide bonds. The Hall–Kier alpha value is -3.80. The molecule has 1 saturated carbocycles. The predicted molar refractivity (Wildman–Crippen MR) is 116 cm³/mol. The van der Waals surface area contributed by atoms with E-state index in [0.717, 1.165) is 0 Å². The van der Waals surface area contributed by atoms with Crippen molar-refractivity contribution in [3.05, 3.63) is 39.9 Å². The highest BCUT2D eigenvalue weighted by Crippen LogP contribution is 2.31. The van der Waals surface area contributed by atoms with E-state index in [0.29, 0.717) is 48.2 Å². The van der Waals surface area contributed by atoms with Crippen molar-refractivity contribution in [1.29, 1.82) is 0 Å². The number of carbonyl (C=O) groups is 2. The largest absolute Gasteiger partial charge is 0.368 e. The number of ether oxygens (including phenoxy) is 1. The summed E-state index contributed by atoms with van der Waals surface area (Å²) in [6.45, 7) is 1.62. The molecule has 168 valence electrons. The van der Waals surface area contributed by atoms with Crippen LogP contribution in [0.2, 0.25) is 0 Å². The Labute approximate surface area is 182 Å². The third-order valence-corrected chi connectivity index (χ3v) is 5.56. The zero-order chi connectivity index (χ0) is 22.8. The molecule has 12 heteroatoms. The van der Waals surface area contributed by atoms with Gasteiger partial charge in [0, 0.05) is 17.5 Å². The van der Waals surface area contributed by atoms with Crippen LogP contribution in [0.25, 0.3) is 11.0 Å². The molecule has 0 aromatic carbocycles. The number of hydrogen-bond acceptors (Lipinski definition) is 8. The van der Waals surface area contributed by atoms with Crippen LogP contribution >= 0.6 is 0 Å². The maximum Gasteiger partial charge on any atom is 0.265 e. The smallest absolute Gasteiger partial charge is 0.265 e. The number of aryl methyl sites for hydroxylation is 1. The number of H-pyrrole nitrogens is 1. The minimum Gasteiger partial charge on any atom is -0.368 e. The fourth-order valence-electron chi connectivity index (χ4n) is 4.06. The minimum atomic E-state index is -0.565. The second kappa shape index (κ2) is 8.75. The molecule has 0 spiro atoms. The molecule has 3 aromatic heterocycles. The van der Waals surface area contributed by atoms with Crippen LogP contribution in [0, 0.1) is 6.92 Å². The molecule has 3 aromatic rings. The zero-order valence-electron chi connectivity index (χ0n) is 17.5. The number of fused-ring (bicyclic) bond motifs is 1. The Balaban J connectivity index is 1.72. The molecule has 1 aliphatic carbocycles. The molecule has 0 saturated heterocycles. The van der Waals surface area contributed by atoms with Crippen LogP contribution in [0.15, 0.2) is 23.1 Å². The number of nitrogens with two attached hydrogens (primary N) is 2. The van der Waals surface area contributed by atoms with Crippen LogP contribution in [0.1, 0.15) is 47.8 Å². The molecular weight excluding hydrogens is 416 g/mol. The van der Waals surface area contributed by atoms with Gasteiger partial charge in [-0.15, -0.1) is 0 Å². The minimum absolute atomic E-state index is 0.0318. The second-order valence-corrected chi connectivity index (χ2v) is 7.77. The van der Waals surface area contributed by atoms with Crippen molar-refractivity contribution in [2.45, 2.75) is 44.8 Å². The molecule has 0 unspecified atom stereocenters. The van der Waals surface area contributed by atoms with E-state index in [9.17, 15) is 14.4 Å². The van der Waals surface area contributed by atoms with Gasteiger partial charge in [0.1, 0.15) is 23.6 Å². The number of carbonyl (C=O) groups excluding carboxylic acids is 2. The van der Waals surface area contributed by atoms with E-state index in [1.54, 1.807) is 13.0 Å². The van der Waals surface area contributed by atoms with Crippen LogP contribution in [0.3, 0.4) is 0 Å². The molecule has 0 atom stereocenters. The molecule has 0 bridgehead atoms. The zero-order valence-corrected chi connectivity index (χ0v) is 17.5. The van der Waals surface area contributed by atoms with Gasteiger partial charge in [0.15, 0.2) is 0 Å². The highest BCUT2D eigenvalue weighted by Gasteiger charge is 2.28. The molecular formula is C20H24N8O4. The normalized spacial score (nSPS) is 18.5. The molecule has 12 nitrogen and oxygen atoms in total. The maximum absolute atomic E-state index is 13.5. The number of nitrogen functional groups attached to an aromatic ring is 1. The standard InChI is InChI=1S/C20H24N8O4/c1-10-13-8-14(18(30)25-16-6-7-23-27-16)19(31)28(17(13)26-20(22)24-10)11-2-4-12(5-3-11)32-9-15(21)29/h6-8,11-12H,2-5,9H2,1H3,(H2,21,29)(H2,22,24,26)(H2,23,25,27,30). The third-order valence-electron chi connectivity index (χ3n) is 5.56. The average molecular weight is 440 g/mol. The lowest BCUT2D eigenvalue weighted by molar-refractivity contribution is -0.125. The van der Waals surface area contributed by atoms with Crippen molar-refractivity contribution in [3.63, 3.8) is 0 Å². The first kappa shape index (κ1) is 21.4. The maximum atomic E-state index is 13.5. The van der Waals surface area contributed by atoms with Crippen molar-refractivity contribution in [3.8, 4) is 0 Å². The summed E-state index contributed by atoms with van der Waals surface area (Å²) in [5.41, 5.74) is 11.5.